The quantitative estimate of drug-likeness (QED) is 0.882. The lowest BCUT2D eigenvalue weighted by Gasteiger charge is -2.27. The van der Waals surface area contributed by atoms with Crippen LogP contribution >= 0.6 is 15.9 Å². The van der Waals surface area contributed by atoms with Crippen molar-refractivity contribution in [1.29, 1.82) is 0 Å². The molecule has 1 aliphatic heterocycles. The Balaban J connectivity index is 1.89. The van der Waals surface area contributed by atoms with Crippen LogP contribution in [0, 0.1) is 5.92 Å². The third-order valence-corrected chi connectivity index (χ3v) is 3.63. The number of hydrogen-bond acceptors (Lipinski definition) is 2. The van der Waals surface area contributed by atoms with E-state index in [9.17, 15) is 0 Å². The topological polar surface area (TPSA) is 25.2 Å². The highest BCUT2D eigenvalue weighted by Gasteiger charge is 2.19. The molecule has 2 nitrogen and oxygen atoms in total. The van der Waals surface area contributed by atoms with Gasteiger partial charge in [0, 0.05) is 12.5 Å². The zero-order chi connectivity index (χ0) is 9.97. The molecule has 78 valence electrons. The van der Waals surface area contributed by atoms with Gasteiger partial charge in [-0.25, -0.2) is 0 Å². The van der Waals surface area contributed by atoms with Crippen LogP contribution in [0.15, 0.2) is 21.2 Å². The summed E-state index contributed by atoms with van der Waals surface area (Å²) in [5.41, 5.74) is 0. The standard InChI is InChI=1S/C11H16BrNO/c1-8-2-3-9(7-13-8)6-11-10(12)4-5-14-11/h4-5,8-9,13H,2-3,6-7H2,1H3. The van der Waals surface area contributed by atoms with Crippen LogP contribution in [0.3, 0.4) is 0 Å². The molecule has 0 spiro atoms. The molecule has 0 aliphatic carbocycles. The lowest BCUT2D eigenvalue weighted by molar-refractivity contribution is 0.306. The molecule has 14 heavy (non-hydrogen) atoms. The van der Waals surface area contributed by atoms with Crippen LogP contribution in [0.2, 0.25) is 0 Å². The first-order valence-corrected chi connectivity index (χ1v) is 6.00. The highest BCUT2D eigenvalue weighted by molar-refractivity contribution is 9.10. The van der Waals surface area contributed by atoms with E-state index in [1.54, 1.807) is 6.26 Å². The Labute approximate surface area is 93.2 Å². The molecule has 1 aromatic heterocycles. The minimum absolute atomic E-state index is 0.686. The van der Waals surface area contributed by atoms with Crippen molar-refractivity contribution < 1.29 is 4.42 Å². The first-order valence-electron chi connectivity index (χ1n) is 5.21. The molecular weight excluding hydrogens is 242 g/mol. The van der Waals surface area contributed by atoms with Crippen molar-refractivity contribution in [2.75, 3.05) is 6.54 Å². The SMILES string of the molecule is CC1CCC(Cc2occc2Br)CN1. The van der Waals surface area contributed by atoms with Crippen LogP contribution in [0.1, 0.15) is 25.5 Å². The van der Waals surface area contributed by atoms with E-state index >= 15 is 0 Å². The summed E-state index contributed by atoms with van der Waals surface area (Å²) in [6.07, 6.45) is 5.38. The van der Waals surface area contributed by atoms with Crippen LogP contribution < -0.4 is 5.32 Å². The number of nitrogens with one attached hydrogen (secondary N) is 1. The van der Waals surface area contributed by atoms with Crippen molar-refractivity contribution >= 4 is 15.9 Å². The molecule has 1 saturated heterocycles. The summed E-state index contributed by atoms with van der Waals surface area (Å²) in [5.74, 6) is 1.82. The molecule has 2 atom stereocenters. The van der Waals surface area contributed by atoms with Gasteiger partial charge in [0.05, 0.1) is 10.7 Å². The van der Waals surface area contributed by atoms with Gasteiger partial charge in [-0.05, 0) is 54.2 Å². The van der Waals surface area contributed by atoms with E-state index in [1.807, 2.05) is 6.07 Å². The lowest BCUT2D eigenvalue weighted by Crippen LogP contribution is -2.37. The second-order valence-electron chi connectivity index (χ2n) is 4.15. The summed E-state index contributed by atoms with van der Waals surface area (Å²) in [4.78, 5) is 0. The van der Waals surface area contributed by atoms with Crippen molar-refractivity contribution in [3.8, 4) is 0 Å². The third-order valence-electron chi connectivity index (χ3n) is 2.93. The minimum Gasteiger partial charge on any atom is -0.468 e. The lowest BCUT2D eigenvalue weighted by atomic mass is 9.92. The van der Waals surface area contributed by atoms with Gasteiger partial charge in [-0.3, -0.25) is 0 Å². The molecule has 1 N–H and O–H groups in total. The molecule has 1 aliphatic rings. The smallest absolute Gasteiger partial charge is 0.118 e. The Bertz CT molecular complexity index is 289. The van der Waals surface area contributed by atoms with E-state index < -0.39 is 0 Å². The van der Waals surface area contributed by atoms with Gasteiger partial charge in [0.2, 0.25) is 0 Å². The van der Waals surface area contributed by atoms with Gasteiger partial charge in [0.15, 0.2) is 0 Å². The van der Waals surface area contributed by atoms with Crippen molar-refractivity contribution in [3.63, 3.8) is 0 Å². The van der Waals surface area contributed by atoms with Crippen molar-refractivity contribution in [3.05, 3.63) is 22.6 Å². The maximum atomic E-state index is 5.42. The van der Waals surface area contributed by atoms with Crippen LogP contribution in [-0.2, 0) is 6.42 Å². The average molecular weight is 258 g/mol. The predicted molar refractivity (Wildman–Crippen MR) is 60.3 cm³/mol. The van der Waals surface area contributed by atoms with Gasteiger partial charge in [-0.15, -0.1) is 0 Å². The first-order chi connectivity index (χ1) is 6.75. The van der Waals surface area contributed by atoms with E-state index in [0.29, 0.717) is 6.04 Å². The van der Waals surface area contributed by atoms with Crippen molar-refractivity contribution in [2.45, 2.75) is 32.2 Å². The van der Waals surface area contributed by atoms with Crippen LogP contribution in [0.5, 0.6) is 0 Å². The predicted octanol–water partition coefficient (Wildman–Crippen LogP) is 2.97. The Morgan fingerprint density at radius 3 is 3.00 bits per heavy atom. The Hall–Kier alpha value is -0.280. The number of furan rings is 1. The van der Waals surface area contributed by atoms with Gasteiger partial charge >= 0.3 is 0 Å². The molecule has 1 aromatic rings. The molecule has 0 saturated carbocycles. The molecule has 0 radical (unpaired) electrons. The van der Waals surface area contributed by atoms with E-state index in [0.717, 1.165) is 29.1 Å². The molecule has 0 aromatic carbocycles. The van der Waals surface area contributed by atoms with Crippen LogP contribution in [0.4, 0.5) is 0 Å². The maximum Gasteiger partial charge on any atom is 0.118 e. The van der Waals surface area contributed by atoms with E-state index in [1.165, 1.54) is 12.8 Å². The normalized spacial score (nSPS) is 27.9. The number of halogens is 1. The Kier molecular flexibility index (Phi) is 3.29. The maximum absolute atomic E-state index is 5.42. The van der Waals surface area contributed by atoms with E-state index in [2.05, 4.69) is 28.2 Å². The van der Waals surface area contributed by atoms with Gasteiger partial charge in [0.1, 0.15) is 5.76 Å². The minimum atomic E-state index is 0.686. The molecule has 3 heteroatoms. The van der Waals surface area contributed by atoms with Gasteiger partial charge in [-0.2, -0.15) is 0 Å². The second kappa shape index (κ2) is 4.49. The van der Waals surface area contributed by atoms with Gasteiger partial charge in [0.25, 0.3) is 0 Å². The summed E-state index contributed by atoms with van der Waals surface area (Å²) in [6, 6.07) is 2.65. The molecule has 1 fully saturated rings. The van der Waals surface area contributed by atoms with Crippen LogP contribution in [0.25, 0.3) is 0 Å². The summed E-state index contributed by atoms with van der Waals surface area (Å²) in [5, 5.41) is 3.51. The van der Waals surface area contributed by atoms with E-state index in [-0.39, 0.29) is 0 Å². The summed E-state index contributed by atoms with van der Waals surface area (Å²) >= 11 is 3.49. The van der Waals surface area contributed by atoms with Crippen molar-refractivity contribution in [2.24, 2.45) is 5.92 Å². The zero-order valence-electron chi connectivity index (χ0n) is 8.42. The largest absolute Gasteiger partial charge is 0.468 e. The molecule has 2 unspecified atom stereocenters. The number of piperidine rings is 1. The Morgan fingerprint density at radius 2 is 2.43 bits per heavy atom. The van der Waals surface area contributed by atoms with Crippen LogP contribution in [-0.4, -0.2) is 12.6 Å². The molecule has 0 bridgehead atoms. The highest BCUT2D eigenvalue weighted by Crippen LogP contribution is 2.24. The van der Waals surface area contributed by atoms with Crippen molar-refractivity contribution in [1.82, 2.24) is 5.32 Å². The third kappa shape index (κ3) is 2.39. The summed E-state index contributed by atoms with van der Waals surface area (Å²) in [6.45, 7) is 3.37. The summed E-state index contributed by atoms with van der Waals surface area (Å²) in [7, 11) is 0. The second-order valence-corrected chi connectivity index (χ2v) is 5.00. The average Bonchev–Trinajstić information content (AvgIpc) is 2.56. The fourth-order valence-corrected chi connectivity index (χ4v) is 2.33. The zero-order valence-corrected chi connectivity index (χ0v) is 10.0. The van der Waals surface area contributed by atoms with Gasteiger partial charge < -0.3 is 9.73 Å². The molecule has 0 amide bonds. The molecule has 2 rings (SSSR count). The highest BCUT2D eigenvalue weighted by atomic mass is 79.9. The van der Waals surface area contributed by atoms with E-state index in [4.69, 9.17) is 4.42 Å². The molecule has 2 heterocycles. The first kappa shape index (κ1) is 10.2. The Morgan fingerprint density at radius 1 is 1.57 bits per heavy atom. The summed E-state index contributed by atoms with van der Waals surface area (Å²) < 4.78 is 6.53. The monoisotopic (exact) mass is 257 g/mol. The van der Waals surface area contributed by atoms with Gasteiger partial charge in [-0.1, -0.05) is 0 Å². The number of rotatable bonds is 2. The number of hydrogen-bond donors (Lipinski definition) is 1. The molecular formula is C11H16BrNO. The fourth-order valence-electron chi connectivity index (χ4n) is 1.96. The fraction of sp³-hybridized carbons (Fsp3) is 0.636.